The lowest BCUT2D eigenvalue weighted by molar-refractivity contribution is 0.564. The molecule has 0 saturated carbocycles. The fourth-order valence-electron chi connectivity index (χ4n) is 0.981. The molecule has 70 valence electrons. The van der Waals surface area contributed by atoms with E-state index in [0.29, 0.717) is 11.4 Å². The molecule has 0 bridgehead atoms. The minimum absolute atomic E-state index is 0.426. The number of rotatable bonds is 4. The molecule has 3 nitrogen and oxygen atoms in total. The van der Waals surface area contributed by atoms with Crippen LogP contribution < -0.4 is 0 Å². The Morgan fingerprint density at radius 1 is 1.38 bits per heavy atom. The SMILES string of the molecule is C=NCCc1ccc(S(=O)O)cc1. The van der Waals surface area contributed by atoms with E-state index in [1.807, 2.05) is 12.1 Å². The van der Waals surface area contributed by atoms with Crippen molar-refractivity contribution in [2.75, 3.05) is 6.54 Å². The average Bonchev–Trinajstić information content (AvgIpc) is 2.15. The number of hydrogen-bond acceptors (Lipinski definition) is 2. The highest BCUT2D eigenvalue weighted by molar-refractivity contribution is 7.79. The van der Waals surface area contributed by atoms with E-state index < -0.39 is 11.1 Å². The van der Waals surface area contributed by atoms with Crippen LogP contribution in [-0.2, 0) is 17.5 Å². The van der Waals surface area contributed by atoms with Gasteiger partial charge in [0, 0.05) is 6.54 Å². The molecule has 0 aliphatic carbocycles. The molecule has 1 N–H and O–H groups in total. The molecule has 13 heavy (non-hydrogen) atoms. The molecule has 0 aromatic heterocycles. The monoisotopic (exact) mass is 197 g/mol. The quantitative estimate of drug-likeness (QED) is 0.587. The predicted molar refractivity (Wildman–Crippen MR) is 53.6 cm³/mol. The summed E-state index contributed by atoms with van der Waals surface area (Å²) in [7, 11) is 0. The third-order valence-electron chi connectivity index (χ3n) is 1.68. The second kappa shape index (κ2) is 4.89. The van der Waals surface area contributed by atoms with Crippen LogP contribution in [0.4, 0.5) is 0 Å². The topological polar surface area (TPSA) is 49.7 Å². The second-order valence-corrected chi connectivity index (χ2v) is 3.56. The van der Waals surface area contributed by atoms with Gasteiger partial charge in [0.25, 0.3) is 0 Å². The van der Waals surface area contributed by atoms with Crippen LogP contribution in [0.3, 0.4) is 0 Å². The van der Waals surface area contributed by atoms with Gasteiger partial charge in [-0.3, -0.25) is 0 Å². The zero-order chi connectivity index (χ0) is 9.68. The lowest BCUT2D eigenvalue weighted by atomic mass is 10.2. The summed E-state index contributed by atoms with van der Waals surface area (Å²) in [6.45, 7) is 4.07. The first-order chi connectivity index (χ1) is 6.24. The summed E-state index contributed by atoms with van der Waals surface area (Å²) in [5.41, 5.74) is 1.10. The maximum atomic E-state index is 10.6. The molecule has 0 amide bonds. The zero-order valence-corrected chi connectivity index (χ0v) is 7.96. The molecule has 1 atom stereocenters. The van der Waals surface area contributed by atoms with E-state index in [-0.39, 0.29) is 0 Å². The van der Waals surface area contributed by atoms with E-state index in [9.17, 15) is 4.21 Å². The van der Waals surface area contributed by atoms with Crippen molar-refractivity contribution in [3.05, 3.63) is 29.8 Å². The molecule has 1 aromatic rings. The fraction of sp³-hybridized carbons (Fsp3) is 0.222. The van der Waals surface area contributed by atoms with Crippen molar-refractivity contribution in [3.63, 3.8) is 0 Å². The summed E-state index contributed by atoms with van der Waals surface area (Å²) < 4.78 is 19.3. The first-order valence-corrected chi connectivity index (χ1v) is 4.97. The van der Waals surface area contributed by atoms with Crippen LogP contribution in [0.2, 0.25) is 0 Å². The van der Waals surface area contributed by atoms with Crippen molar-refractivity contribution in [2.24, 2.45) is 4.99 Å². The van der Waals surface area contributed by atoms with Gasteiger partial charge in [-0.25, -0.2) is 4.21 Å². The number of aliphatic imine (C=N–C) groups is 1. The Bertz CT molecular complexity index is 308. The summed E-state index contributed by atoms with van der Waals surface area (Å²) in [5.74, 6) is 0. The van der Waals surface area contributed by atoms with Crippen LogP contribution in [-0.4, -0.2) is 22.0 Å². The molecule has 0 aliphatic heterocycles. The lowest BCUT2D eigenvalue weighted by Gasteiger charge is -1.98. The van der Waals surface area contributed by atoms with Crippen molar-refractivity contribution in [1.29, 1.82) is 0 Å². The minimum Gasteiger partial charge on any atom is -0.302 e. The molecular weight excluding hydrogens is 186 g/mol. The number of hydrogen-bond donors (Lipinski definition) is 1. The van der Waals surface area contributed by atoms with Crippen LogP contribution in [0.15, 0.2) is 34.2 Å². The van der Waals surface area contributed by atoms with E-state index in [1.54, 1.807) is 12.1 Å². The standard InChI is InChI=1S/C9H11NO2S/c1-10-7-6-8-2-4-9(5-3-8)13(11)12/h2-5H,1,6-7H2,(H,11,12). The lowest BCUT2D eigenvalue weighted by Crippen LogP contribution is -1.91. The molecule has 0 aliphatic rings. The third-order valence-corrected chi connectivity index (χ3v) is 2.36. The largest absolute Gasteiger partial charge is 0.302 e. The van der Waals surface area contributed by atoms with E-state index in [4.69, 9.17) is 4.55 Å². The molecule has 0 heterocycles. The summed E-state index contributed by atoms with van der Waals surface area (Å²) in [6, 6.07) is 6.95. The van der Waals surface area contributed by atoms with Crippen LogP contribution >= 0.6 is 0 Å². The first-order valence-electron chi connectivity index (χ1n) is 3.86. The summed E-state index contributed by atoms with van der Waals surface area (Å²) in [4.78, 5) is 4.16. The highest BCUT2D eigenvalue weighted by atomic mass is 32.2. The molecule has 0 fully saturated rings. The van der Waals surface area contributed by atoms with Gasteiger partial charge in [-0.1, -0.05) is 12.1 Å². The van der Waals surface area contributed by atoms with Crippen molar-refractivity contribution in [2.45, 2.75) is 11.3 Å². The van der Waals surface area contributed by atoms with Gasteiger partial charge >= 0.3 is 0 Å². The average molecular weight is 197 g/mol. The summed E-state index contributed by atoms with van der Waals surface area (Å²) in [5, 5.41) is 0. The van der Waals surface area contributed by atoms with Crippen LogP contribution in [0.5, 0.6) is 0 Å². The Balaban J connectivity index is 2.69. The highest BCUT2D eigenvalue weighted by Crippen LogP contribution is 2.07. The van der Waals surface area contributed by atoms with Gasteiger partial charge < -0.3 is 9.55 Å². The van der Waals surface area contributed by atoms with Crippen molar-refractivity contribution in [3.8, 4) is 0 Å². The molecule has 1 aromatic carbocycles. The normalized spacial score (nSPS) is 12.4. The van der Waals surface area contributed by atoms with Gasteiger partial charge in [0.2, 0.25) is 0 Å². The van der Waals surface area contributed by atoms with Crippen molar-refractivity contribution >= 4 is 17.8 Å². The highest BCUT2D eigenvalue weighted by Gasteiger charge is 1.98. The Hall–Kier alpha value is -1.00. The van der Waals surface area contributed by atoms with Gasteiger partial charge in [0.05, 0.1) is 4.90 Å². The maximum absolute atomic E-state index is 10.6. The molecule has 1 unspecified atom stereocenters. The number of nitrogens with zero attached hydrogens (tertiary/aromatic N) is 1. The van der Waals surface area contributed by atoms with Gasteiger partial charge in [-0.05, 0) is 30.8 Å². The zero-order valence-electron chi connectivity index (χ0n) is 7.14. The molecular formula is C9H11NO2S. The maximum Gasteiger partial charge on any atom is 0.186 e. The third kappa shape index (κ3) is 3.08. The predicted octanol–water partition coefficient (Wildman–Crippen LogP) is 1.51. The number of benzene rings is 1. The fourth-order valence-corrected chi connectivity index (χ4v) is 1.35. The smallest absolute Gasteiger partial charge is 0.186 e. The Kier molecular flexibility index (Phi) is 3.79. The van der Waals surface area contributed by atoms with E-state index >= 15 is 0 Å². The van der Waals surface area contributed by atoms with Crippen LogP contribution in [0.25, 0.3) is 0 Å². The van der Waals surface area contributed by atoms with E-state index in [0.717, 1.165) is 12.0 Å². The Morgan fingerprint density at radius 2 is 2.00 bits per heavy atom. The van der Waals surface area contributed by atoms with E-state index in [2.05, 4.69) is 11.7 Å². The van der Waals surface area contributed by atoms with Crippen LogP contribution in [0, 0.1) is 0 Å². The van der Waals surface area contributed by atoms with Gasteiger partial charge in [0.15, 0.2) is 11.1 Å². The summed E-state index contributed by atoms with van der Waals surface area (Å²) in [6.07, 6.45) is 0.821. The molecule has 0 saturated heterocycles. The van der Waals surface area contributed by atoms with E-state index in [1.165, 1.54) is 0 Å². The van der Waals surface area contributed by atoms with Gasteiger partial charge in [-0.2, -0.15) is 0 Å². The summed E-state index contributed by atoms with van der Waals surface area (Å²) >= 11 is -1.88. The van der Waals surface area contributed by atoms with Crippen molar-refractivity contribution < 1.29 is 8.76 Å². The minimum atomic E-state index is -1.88. The van der Waals surface area contributed by atoms with Gasteiger partial charge in [0.1, 0.15) is 0 Å². The first kappa shape index (κ1) is 10.1. The van der Waals surface area contributed by atoms with Crippen molar-refractivity contribution in [1.82, 2.24) is 0 Å². The Morgan fingerprint density at radius 3 is 2.46 bits per heavy atom. The van der Waals surface area contributed by atoms with Crippen LogP contribution in [0.1, 0.15) is 5.56 Å². The van der Waals surface area contributed by atoms with Gasteiger partial charge in [-0.15, -0.1) is 0 Å². The molecule has 0 radical (unpaired) electrons. The molecule has 4 heteroatoms. The molecule has 0 spiro atoms. The molecule has 1 rings (SSSR count). The Labute approximate surface area is 79.8 Å². The second-order valence-electron chi connectivity index (χ2n) is 2.59.